The smallest absolute Gasteiger partial charge is 0.137 e. The molecule has 4 heteroatoms. The highest BCUT2D eigenvalue weighted by Crippen LogP contribution is 2.30. The third-order valence-electron chi connectivity index (χ3n) is 4.39. The summed E-state index contributed by atoms with van der Waals surface area (Å²) in [5, 5.41) is 0.626. The van der Waals surface area contributed by atoms with Gasteiger partial charge in [-0.05, 0) is 37.5 Å². The Morgan fingerprint density at radius 1 is 1.30 bits per heavy atom. The predicted octanol–water partition coefficient (Wildman–Crippen LogP) is 4.35. The molecule has 2 rings (SSSR count). The molecule has 1 aliphatic rings. The highest BCUT2D eigenvalue weighted by Gasteiger charge is 2.22. The van der Waals surface area contributed by atoms with Gasteiger partial charge in [-0.3, -0.25) is 0 Å². The van der Waals surface area contributed by atoms with Crippen LogP contribution in [0, 0.1) is 11.8 Å². The van der Waals surface area contributed by atoms with Crippen LogP contribution in [0.25, 0.3) is 0 Å². The first-order chi connectivity index (χ1) is 9.63. The third kappa shape index (κ3) is 3.63. The SMILES string of the molecule is CCCc1c(Cl)ncnc1N1CCCC(C(C)C)CC1. The summed E-state index contributed by atoms with van der Waals surface area (Å²) < 4.78 is 0. The molecule has 1 unspecified atom stereocenters. The van der Waals surface area contributed by atoms with Crippen molar-refractivity contribution in [2.75, 3.05) is 18.0 Å². The van der Waals surface area contributed by atoms with E-state index in [1.54, 1.807) is 6.33 Å². The van der Waals surface area contributed by atoms with Crippen molar-refractivity contribution in [3.8, 4) is 0 Å². The number of anilines is 1. The Bertz CT molecular complexity index is 434. The van der Waals surface area contributed by atoms with Crippen LogP contribution < -0.4 is 4.90 Å². The molecule has 1 aliphatic heterocycles. The second-order valence-electron chi connectivity index (χ2n) is 6.14. The van der Waals surface area contributed by atoms with E-state index in [-0.39, 0.29) is 0 Å². The Morgan fingerprint density at radius 2 is 2.10 bits per heavy atom. The van der Waals surface area contributed by atoms with Crippen LogP contribution in [0.4, 0.5) is 5.82 Å². The van der Waals surface area contributed by atoms with Gasteiger partial charge in [0.2, 0.25) is 0 Å². The highest BCUT2D eigenvalue weighted by atomic mass is 35.5. The topological polar surface area (TPSA) is 29.0 Å². The van der Waals surface area contributed by atoms with Crippen molar-refractivity contribution in [3.05, 3.63) is 17.0 Å². The maximum atomic E-state index is 6.27. The number of hydrogen-bond donors (Lipinski definition) is 0. The molecule has 1 aromatic heterocycles. The van der Waals surface area contributed by atoms with E-state index in [1.165, 1.54) is 19.3 Å². The summed E-state index contributed by atoms with van der Waals surface area (Å²) in [5.74, 6) is 2.68. The zero-order valence-electron chi connectivity index (χ0n) is 12.9. The molecule has 1 fully saturated rings. The molecule has 0 amide bonds. The third-order valence-corrected chi connectivity index (χ3v) is 4.71. The molecule has 0 spiro atoms. The number of rotatable bonds is 4. The molecule has 0 saturated carbocycles. The van der Waals surface area contributed by atoms with Crippen molar-refractivity contribution < 1.29 is 0 Å². The lowest BCUT2D eigenvalue weighted by atomic mass is 9.89. The quantitative estimate of drug-likeness (QED) is 0.774. The van der Waals surface area contributed by atoms with E-state index >= 15 is 0 Å². The fraction of sp³-hybridized carbons (Fsp3) is 0.750. The van der Waals surface area contributed by atoms with Crippen LogP contribution in [0.2, 0.25) is 5.15 Å². The fourth-order valence-corrected chi connectivity index (χ4v) is 3.34. The Hall–Kier alpha value is -0.830. The zero-order chi connectivity index (χ0) is 14.5. The van der Waals surface area contributed by atoms with E-state index in [0.717, 1.165) is 49.1 Å². The predicted molar refractivity (Wildman–Crippen MR) is 85.4 cm³/mol. The molecule has 1 saturated heterocycles. The Labute approximate surface area is 127 Å². The minimum absolute atomic E-state index is 0.626. The first-order valence-electron chi connectivity index (χ1n) is 7.87. The standard InChI is InChI=1S/C16H26ClN3/c1-4-6-14-15(17)18-11-19-16(14)20-9-5-7-13(8-10-20)12(2)3/h11-13H,4-10H2,1-3H3. The van der Waals surface area contributed by atoms with Crippen molar-refractivity contribution in [3.63, 3.8) is 0 Å². The average molecular weight is 296 g/mol. The van der Waals surface area contributed by atoms with E-state index in [2.05, 4.69) is 35.6 Å². The molecule has 2 heterocycles. The minimum atomic E-state index is 0.626. The van der Waals surface area contributed by atoms with E-state index in [4.69, 9.17) is 11.6 Å². The molecule has 112 valence electrons. The van der Waals surface area contributed by atoms with Gasteiger partial charge in [0.05, 0.1) is 0 Å². The lowest BCUT2D eigenvalue weighted by Gasteiger charge is -2.25. The molecule has 0 radical (unpaired) electrons. The van der Waals surface area contributed by atoms with Gasteiger partial charge in [-0.1, -0.05) is 38.8 Å². The Kier molecular flexibility index (Phi) is 5.64. The summed E-state index contributed by atoms with van der Waals surface area (Å²) in [4.78, 5) is 11.1. The number of halogens is 1. The van der Waals surface area contributed by atoms with Crippen molar-refractivity contribution >= 4 is 17.4 Å². The van der Waals surface area contributed by atoms with Gasteiger partial charge < -0.3 is 4.90 Å². The van der Waals surface area contributed by atoms with Crippen molar-refractivity contribution in [1.82, 2.24) is 9.97 Å². The summed E-state index contributed by atoms with van der Waals surface area (Å²) in [6.07, 6.45) is 7.46. The van der Waals surface area contributed by atoms with E-state index in [9.17, 15) is 0 Å². The highest BCUT2D eigenvalue weighted by molar-refractivity contribution is 6.30. The van der Waals surface area contributed by atoms with Crippen LogP contribution in [0.3, 0.4) is 0 Å². The number of aromatic nitrogens is 2. The summed E-state index contributed by atoms with van der Waals surface area (Å²) in [5.41, 5.74) is 1.12. The molecule has 0 bridgehead atoms. The lowest BCUT2D eigenvalue weighted by Crippen LogP contribution is -2.27. The molecule has 20 heavy (non-hydrogen) atoms. The number of hydrogen-bond acceptors (Lipinski definition) is 3. The summed E-state index contributed by atoms with van der Waals surface area (Å²) >= 11 is 6.27. The van der Waals surface area contributed by atoms with Gasteiger partial charge in [-0.2, -0.15) is 0 Å². The monoisotopic (exact) mass is 295 g/mol. The van der Waals surface area contributed by atoms with Gasteiger partial charge in [0, 0.05) is 18.7 Å². The second-order valence-corrected chi connectivity index (χ2v) is 6.50. The largest absolute Gasteiger partial charge is 0.356 e. The molecule has 1 atom stereocenters. The molecule has 3 nitrogen and oxygen atoms in total. The maximum Gasteiger partial charge on any atom is 0.137 e. The Morgan fingerprint density at radius 3 is 2.80 bits per heavy atom. The summed E-state index contributed by atoms with van der Waals surface area (Å²) in [7, 11) is 0. The average Bonchev–Trinajstić information content (AvgIpc) is 2.67. The molecule has 1 aromatic rings. The van der Waals surface area contributed by atoms with Crippen molar-refractivity contribution in [1.29, 1.82) is 0 Å². The van der Waals surface area contributed by atoms with Crippen LogP contribution in [0.15, 0.2) is 6.33 Å². The van der Waals surface area contributed by atoms with Crippen LogP contribution in [-0.2, 0) is 6.42 Å². The molecule has 0 aromatic carbocycles. The van der Waals surface area contributed by atoms with Crippen molar-refractivity contribution in [2.45, 2.75) is 52.9 Å². The van der Waals surface area contributed by atoms with Crippen LogP contribution in [0.5, 0.6) is 0 Å². The molecular formula is C16H26ClN3. The zero-order valence-corrected chi connectivity index (χ0v) is 13.7. The van der Waals surface area contributed by atoms with Gasteiger partial charge in [0.25, 0.3) is 0 Å². The van der Waals surface area contributed by atoms with Crippen LogP contribution in [0.1, 0.15) is 52.0 Å². The van der Waals surface area contributed by atoms with Gasteiger partial charge in [-0.15, -0.1) is 0 Å². The van der Waals surface area contributed by atoms with Gasteiger partial charge in [0.15, 0.2) is 0 Å². The first kappa shape index (κ1) is 15.6. The lowest BCUT2D eigenvalue weighted by molar-refractivity contribution is 0.351. The fourth-order valence-electron chi connectivity index (χ4n) is 3.12. The minimum Gasteiger partial charge on any atom is -0.356 e. The van der Waals surface area contributed by atoms with Gasteiger partial charge in [-0.25, -0.2) is 9.97 Å². The molecular weight excluding hydrogens is 270 g/mol. The van der Waals surface area contributed by atoms with Crippen LogP contribution in [-0.4, -0.2) is 23.1 Å². The Balaban J connectivity index is 2.17. The van der Waals surface area contributed by atoms with E-state index in [1.807, 2.05) is 0 Å². The first-order valence-corrected chi connectivity index (χ1v) is 8.25. The second kappa shape index (κ2) is 7.26. The molecule has 0 aliphatic carbocycles. The van der Waals surface area contributed by atoms with Crippen LogP contribution >= 0.6 is 11.6 Å². The van der Waals surface area contributed by atoms with Gasteiger partial charge in [0.1, 0.15) is 17.3 Å². The maximum absolute atomic E-state index is 6.27. The molecule has 0 N–H and O–H groups in total. The summed E-state index contributed by atoms with van der Waals surface area (Å²) in [6, 6.07) is 0. The summed E-state index contributed by atoms with van der Waals surface area (Å²) in [6.45, 7) is 9.03. The van der Waals surface area contributed by atoms with E-state index < -0.39 is 0 Å². The van der Waals surface area contributed by atoms with E-state index in [0.29, 0.717) is 5.15 Å². The van der Waals surface area contributed by atoms with Gasteiger partial charge >= 0.3 is 0 Å². The normalized spacial score (nSPS) is 20.2. The number of nitrogens with zero attached hydrogens (tertiary/aromatic N) is 3. The van der Waals surface area contributed by atoms with Crippen molar-refractivity contribution in [2.24, 2.45) is 11.8 Å².